The molecule has 3 heteroatoms. The molecule has 1 aromatic heterocycles. The fourth-order valence-corrected chi connectivity index (χ4v) is 3.75. The van der Waals surface area contributed by atoms with Crippen LogP contribution in [0.5, 0.6) is 0 Å². The molecule has 1 aliphatic carbocycles. The zero-order valence-electron chi connectivity index (χ0n) is 13.4. The van der Waals surface area contributed by atoms with E-state index in [1.165, 1.54) is 12.1 Å². The van der Waals surface area contributed by atoms with Gasteiger partial charge in [0.2, 0.25) is 0 Å². The molecule has 0 radical (unpaired) electrons. The molecular weight excluding hydrogens is 301 g/mol. The average Bonchev–Trinajstić information content (AvgIpc) is 2.90. The number of aliphatic hydroxyl groups is 1. The van der Waals surface area contributed by atoms with E-state index in [1.807, 2.05) is 24.3 Å². The first-order chi connectivity index (χ1) is 11.6. The van der Waals surface area contributed by atoms with Gasteiger partial charge in [-0.25, -0.2) is 4.39 Å². The number of pyridine rings is 1. The van der Waals surface area contributed by atoms with E-state index in [1.54, 1.807) is 24.5 Å². The quantitative estimate of drug-likeness (QED) is 0.764. The van der Waals surface area contributed by atoms with E-state index in [-0.39, 0.29) is 11.7 Å². The lowest BCUT2D eigenvalue weighted by Crippen LogP contribution is -2.24. The Balaban J connectivity index is 1.88. The summed E-state index contributed by atoms with van der Waals surface area (Å²) in [5.74, 6) is -0.201. The maximum atomic E-state index is 13.3. The molecule has 1 aliphatic rings. The number of rotatable bonds is 2. The lowest BCUT2D eigenvalue weighted by molar-refractivity contribution is 0.0796. The monoisotopic (exact) mass is 319 g/mol. The molecule has 4 rings (SSSR count). The van der Waals surface area contributed by atoms with Gasteiger partial charge in [-0.1, -0.05) is 35.9 Å². The van der Waals surface area contributed by atoms with Crippen LogP contribution in [-0.2, 0) is 5.60 Å². The van der Waals surface area contributed by atoms with Crippen LogP contribution in [0.3, 0.4) is 0 Å². The largest absolute Gasteiger partial charge is 0.380 e. The first-order valence-electron chi connectivity index (χ1n) is 8.07. The van der Waals surface area contributed by atoms with Crippen LogP contribution in [0, 0.1) is 12.7 Å². The van der Waals surface area contributed by atoms with Crippen LogP contribution >= 0.6 is 0 Å². The average molecular weight is 319 g/mol. The normalized spacial score (nSPS) is 22.4. The Morgan fingerprint density at radius 1 is 1.04 bits per heavy atom. The smallest absolute Gasteiger partial charge is 0.123 e. The van der Waals surface area contributed by atoms with Crippen molar-refractivity contribution in [3.63, 3.8) is 0 Å². The van der Waals surface area contributed by atoms with E-state index in [0.717, 1.165) is 27.8 Å². The summed E-state index contributed by atoms with van der Waals surface area (Å²) in [5.41, 5.74) is 3.95. The predicted molar refractivity (Wildman–Crippen MR) is 91.3 cm³/mol. The van der Waals surface area contributed by atoms with Crippen LogP contribution in [0.1, 0.15) is 40.2 Å². The molecule has 3 aromatic rings. The zero-order valence-corrected chi connectivity index (χ0v) is 13.4. The van der Waals surface area contributed by atoms with Crippen LogP contribution in [0.2, 0.25) is 0 Å². The summed E-state index contributed by atoms with van der Waals surface area (Å²) in [7, 11) is 0. The van der Waals surface area contributed by atoms with Gasteiger partial charge in [0.1, 0.15) is 11.4 Å². The Morgan fingerprint density at radius 3 is 2.46 bits per heavy atom. The van der Waals surface area contributed by atoms with E-state index >= 15 is 0 Å². The SMILES string of the molecule is Cc1ccc2c(c1)C(c1ccncc1)CC2(O)c1ccc(F)cc1. The third-order valence-electron chi connectivity index (χ3n) is 4.96. The Labute approximate surface area is 140 Å². The lowest BCUT2D eigenvalue weighted by Gasteiger charge is -2.25. The highest BCUT2D eigenvalue weighted by atomic mass is 19.1. The highest BCUT2D eigenvalue weighted by molar-refractivity contribution is 5.52. The Kier molecular flexibility index (Phi) is 3.47. The summed E-state index contributed by atoms with van der Waals surface area (Å²) < 4.78 is 13.3. The van der Waals surface area contributed by atoms with Crippen molar-refractivity contribution in [3.05, 3.63) is 101 Å². The molecule has 1 N–H and O–H groups in total. The van der Waals surface area contributed by atoms with Crippen molar-refractivity contribution in [1.82, 2.24) is 4.98 Å². The molecule has 2 atom stereocenters. The van der Waals surface area contributed by atoms with E-state index in [2.05, 4.69) is 18.0 Å². The van der Waals surface area contributed by atoms with Crippen LogP contribution in [0.4, 0.5) is 4.39 Å². The molecular formula is C21H18FNO. The first kappa shape index (κ1) is 15.0. The van der Waals surface area contributed by atoms with Gasteiger partial charge in [-0.3, -0.25) is 4.98 Å². The number of nitrogens with zero attached hydrogens (tertiary/aromatic N) is 1. The van der Waals surface area contributed by atoms with Crippen LogP contribution in [-0.4, -0.2) is 10.1 Å². The van der Waals surface area contributed by atoms with Crippen LogP contribution in [0.25, 0.3) is 0 Å². The molecule has 0 spiro atoms. The van der Waals surface area contributed by atoms with Gasteiger partial charge in [0.15, 0.2) is 0 Å². The molecule has 0 amide bonds. The molecule has 24 heavy (non-hydrogen) atoms. The summed E-state index contributed by atoms with van der Waals surface area (Å²) in [5, 5.41) is 11.5. The summed E-state index contributed by atoms with van der Waals surface area (Å²) in [6.45, 7) is 2.05. The molecule has 2 aromatic carbocycles. The van der Waals surface area contributed by atoms with Crippen molar-refractivity contribution < 1.29 is 9.50 Å². The second kappa shape index (κ2) is 5.53. The molecule has 2 nitrogen and oxygen atoms in total. The minimum absolute atomic E-state index is 0.0953. The van der Waals surface area contributed by atoms with Gasteiger partial charge in [-0.2, -0.15) is 0 Å². The van der Waals surface area contributed by atoms with Gasteiger partial charge in [-0.05, 0) is 59.9 Å². The van der Waals surface area contributed by atoms with Gasteiger partial charge in [0.25, 0.3) is 0 Å². The predicted octanol–water partition coefficient (Wildman–Crippen LogP) is 4.30. The lowest BCUT2D eigenvalue weighted by atomic mass is 9.86. The topological polar surface area (TPSA) is 33.1 Å². The number of aromatic nitrogens is 1. The molecule has 2 unspecified atom stereocenters. The van der Waals surface area contributed by atoms with E-state index in [4.69, 9.17) is 0 Å². The van der Waals surface area contributed by atoms with Crippen molar-refractivity contribution in [3.8, 4) is 0 Å². The molecule has 0 fully saturated rings. The van der Waals surface area contributed by atoms with E-state index < -0.39 is 5.60 Å². The summed E-state index contributed by atoms with van der Waals surface area (Å²) >= 11 is 0. The number of aryl methyl sites for hydroxylation is 1. The van der Waals surface area contributed by atoms with Gasteiger partial charge >= 0.3 is 0 Å². The van der Waals surface area contributed by atoms with Crippen molar-refractivity contribution in [2.75, 3.05) is 0 Å². The third-order valence-corrected chi connectivity index (χ3v) is 4.96. The highest BCUT2D eigenvalue weighted by Crippen LogP contribution is 2.50. The van der Waals surface area contributed by atoms with Gasteiger partial charge < -0.3 is 5.11 Å². The van der Waals surface area contributed by atoms with Gasteiger partial charge in [0.05, 0.1) is 0 Å². The van der Waals surface area contributed by atoms with Crippen molar-refractivity contribution in [2.24, 2.45) is 0 Å². The van der Waals surface area contributed by atoms with Crippen LogP contribution in [0.15, 0.2) is 67.0 Å². The zero-order chi connectivity index (χ0) is 16.7. The molecule has 120 valence electrons. The molecule has 0 saturated heterocycles. The minimum Gasteiger partial charge on any atom is -0.380 e. The third kappa shape index (κ3) is 2.33. The summed E-state index contributed by atoms with van der Waals surface area (Å²) in [6, 6.07) is 16.3. The first-order valence-corrected chi connectivity index (χ1v) is 8.07. The fraction of sp³-hybridized carbons (Fsp3) is 0.190. The molecule has 0 saturated carbocycles. The summed E-state index contributed by atoms with van der Waals surface area (Å²) in [6.07, 6.45) is 4.10. The molecule has 0 bridgehead atoms. The number of halogens is 1. The minimum atomic E-state index is -1.11. The maximum absolute atomic E-state index is 13.3. The summed E-state index contributed by atoms with van der Waals surface area (Å²) in [4.78, 5) is 4.09. The van der Waals surface area contributed by atoms with Gasteiger partial charge in [0, 0.05) is 18.3 Å². The second-order valence-corrected chi connectivity index (χ2v) is 6.50. The van der Waals surface area contributed by atoms with E-state index in [0.29, 0.717) is 6.42 Å². The molecule has 1 heterocycles. The Hall–Kier alpha value is -2.52. The van der Waals surface area contributed by atoms with Crippen molar-refractivity contribution >= 4 is 0 Å². The van der Waals surface area contributed by atoms with E-state index in [9.17, 15) is 9.50 Å². The van der Waals surface area contributed by atoms with Crippen molar-refractivity contribution in [2.45, 2.75) is 24.9 Å². The second-order valence-electron chi connectivity index (χ2n) is 6.50. The molecule has 0 aliphatic heterocycles. The highest BCUT2D eigenvalue weighted by Gasteiger charge is 2.44. The fourth-order valence-electron chi connectivity index (χ4n) is 3.75. The number of benzene rings is 2. The number of hydrogen-bond acceptors (Lipinski definition) is 2. The maximum Gasteiger partial charge on any atom is 0.123 e. The van der Waals surface area contributed by atoms with Crippen LogP contribution < -0.4 is 0 Å². The van der Waals surface area contributed by atoms with Gasteiger partial charge in [-0.15, -0.1) is 0 Å². The standard InChI is InChI=1S/C21H18FNO/c1-14-2-7-20-18(12-14)19(15-8-10-23-11-9-15)13-21(20,24)16-3-5-17(22)6-4-16/h2-12,19,24H,13H2,1H3. The number of hydrogen-bond donors (Lipinski definition) is 1. The number of fused-ring (bicyclic) bond motifs is 1. The van der Waals surface area contributed by atoms with Crippen molar-refractivity contribution in [1.29, 1.82) is 0 Å². The Bertz CT molecular complexity index is 876. The Morgan fingerprint density at radius 2 is 1.75 bits per heavy atom.